The Labute approximate surface area is 127 Å². The van der Waals surface area contributed by atoms with Gasteiger partial charge in [-0.3, -0.25) is 0 Å². The third-order valence-electron chi connectivity index (χ3n) is 3.80. The molecule has 0 unspecified atom stereocenters. The normalized spacial score (nSPS) is 11.3. The Bertz CT molecular complexity index is 925. The van der Waals surface area contributed by atoms with Crippen molar-refractivity contribution in [1.29, 1.82) is 0 Å². The average Bonchev–Trinajstić information content (AvgIpc) is 3.20. The number of nitrogens with one attached hydrogen (secondary N) is 1. The lowest BCUT2D eigenvalue weighted by atomic mass is 10.1. The van der Waals surface area contributed by atoms with Gasteiger partial charge in [0.05, 0.1) is 35.6 Å². The average molecular weight is 292 g/mol. The van der Waals surface area contributed by atoms with Gasteiger partial charge in [0.15, 0.2) is 5.65 Å². The van der Waals surface area contributed by atoms with Crippen molar-refractivity contribution in [2.75, 3.05) is 5.32 Å². The number of para-hydroxylation sites is 1. The number of aromatic nitrogens is 3. The van der Waals surface area contributed by atoms with Gasteiger partial charge in [0.25, 0.3) is 0 Å². The number of anilines is 1. The minimum Gasteiger partial charge on any atom is -0.467 e. The van der Waals surface area contributed by atoms with Crippen molar-refractivity contribution in [3.05, 3.63) is 54.6 Å². The quantitative estimate of drug-likeness (QED) is 0.621. The lowest BCUT2D eigenvalue weighted by molar-refractivity contribution is 0.518. The molecule has 110 valence electrons. The highest BCUT2D eigenvalue weighted by Crippen LogP contribution is 2.31. The third-order valence-corrected chi connectivity index (χ3v) is 3.80. The van der Waals surface area contributed by atoms with E-state index in [1.165, 1.54) is 0 Å². The number of hydrogen-bond donors (Lipinski definition) is 1. The number of rotatable bonds is 4. The molecule has 0 aliphatic heterocycles. The maximum atomic E-state index is 5.41. The van der Waals surface area contributed by atoms with E-state index in [-0.39, 0.29) is 0 Å². The largest absolute Gasteiger partial charge is 0.467 e. The van der Waals surface area contributed by atoms with E-state index < -0.39 is 0 Å². The molecule has 0 spiro atoms. The zero-order valence-corrected chi connectivity index (χ0v) is 12.3. The molecule has 4 rings (SSSR count). The summed E-state index contributed by atoms with van der Waals surface area (Å²) in [7, 11) is 0. The Kier molecular flexibility index (Phi) is 3.04. The fourth-order valence-corrected chi connectivity index (χ4v) is 2.73. The highest BCUT2D eigenvalue weighted by atomic mass is 16.3. The van der Waals surface area contributed by atoms with Crippen LogP contribution in [0, 0.1) is 0 Å². The van der Waals surface area contributed by atoms with Gasteiger partial charge in [0.2, 0.25) is 0 Å². The van der Waals surface area contributed by atoms with E-state index in [1.54, 1.807) is 6.26 Å². The first-order valence-corrected chi connectivity index (χ1v) is 7.37. The summed E-state index contributed by atoms with van der Waals surface area (Å²) in [5, 5.41) is 10.0. The van der Waals surface area contributed by atoms with Gasteiger partial charge in [-0.05, 0) is 25.1 Å². The van der Waals surface area contributed by atoms with Crippen LogP contribution in [0.5, 0.6) is 0 Å². The number of benzene rings is 1. The zero-order chi connectivity index (χ0) is 14.9. The van der Waals surface area contributed by atoms with Crippen molar-refractivity contribution in [2.45, 2.75) is 20.0 Å². The monoisotopic (exact) mass is 292 g/mol. The van der Waals surface area contributed by atoms with E-state index >= 15 is 0 Å². The number of nitrogens with zero attached hydrogens (tertiary/aromatic N) is 3. The van der Waals surface area contributed by atoms with Gasteiger partial charge < -0.3 is 9.73 Å². The van der Waals surface area contributed by atoms with Gasteiger partial charge in [-0.15, -0.1) is 0 Å². The molecule has 1 aromatic carbocycles. The maximum Gasteiger partial charge on any atom is 0.160 e. The molecule has 4 aromatic rings. The van der Waals surface area contributed by atoms with Gasteiger partial charge in [-0.1, -0.05) is 18.2 Å². The number of aryl methyl sites for hydroxylation is 1. The van der Waals surface area contributed by atoms with Crippen molar-refractivity contribution in [3.8, 4) is 0 Å². The third kappa shape index (κ3) is 2.02. The van der Waals surface area contributed by atoms with E-state index in [2.05, 4.69) is 23.4 Å². The van der Waals surface area contributed by atoms with Gasteiger partial charge in [-0.25, -0.2) is 9.67 Å². The van der Waals surface area contributed by atoms with Crippen LogP contribution in [-0.2, 0) is 13.1 Å². The topological polar surface area (TPSA) is 55.9 Å². The van der Waals surface area contributed by atoms with Gasteiger partial charge >= 0.3 is 0 Å². The van der Waals surface area contributed by atoms with E-state index in [0.29, 0.717) is 6.54 Å². The molecular weight excluding hydrogens is 276 g/mol. The number of fused-ring (bicyclic) bond motifs is 2. The molecule has 0 atom stereocenters. The summed E-state index contributed by atoms with van der Waals surface area (Å²) in [6.07, 6.45) is 3.56. The molecule has 3 heterocycles. The molecule has 0 amide bonds. The van der Waals surface area contributed by atoms with E-state index in [4.69, 9.17) is 9.40 Å². The Morgan fingerprint density at radius 2 is 2.05 bits per heavy atom. The standard InChI is InChI=1S/C17H16N4O/c1-2-21-17-14(11-19-21)16(18-10-12-6-5-9-22-12)13-7-3-4-8-15(13)20-17/h3-9,11H,2,10H2,1H3,(H,18,20). The Morgan fingerprint density at radius 1 is 1.14 bits per heavy atom. The summed E-state index contributed by atoms with van der Waals surface area (Å²) in [5.74, 6) is 0.900. The molecule has 0 radical (unpaired) electrons. The van der Waals surface area contributed by atoms with Crippen LogP contribution < -0.4 is 5.32 Å². The predicted molar refractivity (Wildman–Crippen MR) is 86.7 cm³/mol. The number of hydrogen-bond acceptors (Lipinski definition) is 4. The molecule has 5 nitrogen and oxygen atoms in total. The first-order valence-electron chi connectivity index (χ1n) is 7.37. The van der Waals surface area contributed by atoms with Gasteiger partial charge in [0, 0.05) is 11.9 Å². The minimum atomic E-state index is 0.632. The van der Waals surface area contributed by atoms with Gasteiger partial charge in [-0.2, -0.15) is 5.10 Å². The van der Waals surface area contributed by atoms with E-state index in [9.17, 15) is 0 Å². The molecule has 0 bridgehead atoms. The van der Waals surface area contributed by atoms with Crippen LogP contribution in [0.1, 0.15) is 12.7 Å². The molecule has 0 saturated heterocycles. The fraction of sp³-hybridized carbons (Fsp3) is 0.176. The lowest BCUT2D eigenvalue weighted by Gasteiger charge is -2.10. The molecular formula is C17H16N4O. The van der Waals surface area contributed by atoms with Crippen LogP contribution in [0.3, 0.4) is 0 Å². The molecule has 5 heteroatoms. The molecule has 0 aliphatic rings. The Morgan fingerprint density at radius 3 is 2.86 bits per heavy atom. The van der Waals surface area contributed by atoms with Crippen LogP contribution in [0.4, 0.5) is 5.69 Å². The van der Waals surface area contributed by atoms with Gasteiger partial charge in [0.1, 0.15) is 5.76 Å². The van der Waals surface area contributed by atoms with Crippen LogP contribution in [0.2, 0.25) is 0 Å². The second kappa shape index (κ2) is 5.18. The van der Waals surface area contributed by atoms with Crippen LogP contribution in [0.25, 0.3) is 21.9 Å². The molecule has 22 heavy (non-hydrogen) atoms. The fourth-order valence-electron chi connectivity index (χ4n) is 2.73. The van der Waals surface area contributed by atoms with Crippen molar-refractivity contribution in [2.24, 2.45) is 0 Å². The highest BCUT2D eigenvalue weighted by molar-refractivity contribution is 6.06. The first kappa shape index (κ1) is 12.9. The zero-order valence-electron chi connectivity index (χ0n) is 12.3. The van der Waals surface area contributed by atoms with E-state index in [0.717, 1.165) is 39.9 Å². The predicted octanol–water partition coefficient (Wildman–Crippen LogP) is 3.81. The van der Waals surface area contributed by atoms with Crippen LogP contribution in [-0.4, -0.2) is 14.8 Å². The van der Waals surface area contributed by atoms with Crippen molar-refractivity contribution in [1.82, 2.24) is 14.8 Å². The molecule has 0 fully saturated rings. The van der Waals surface area contributed by atoms with Crippen molar-refractivity contribution < 1.29 is 4.42 Å². The first-order chi connectivity index (χ1) is 10.9. The molecule has 0 aliphatic carbocycles. The molecule has 3 aromatic heterocycles. The summed E-state index contributed by atoms with van der Waals surface area (Å²) in [6, 6.07) is 12.0. The van der Waals surface area contributed by atoms with Crippen molar-refractivity contribution in [3.63, 3.8) is 0 Å². The SMILES string of the molecule is CCn1ncc2c(NCc3ccco3)c3ccccc3nc21. The Hall–Kier alpha value is -2.82. The maximum absolute atomic E-state index is 5.41. The number of pyridine rings is 1. The summed E-state index contributed by atoms with van der Waals surface area (Å²) >= 11 is 0. The van der Waals surface area contributed by atoms with E-state index in [1.807, 2.05) is 41.2 Å². The highest BCUT2D eigenvalue weighted by Gasteiger charge is 2.13. The second-order valence-electron chi connectivity index (χ2n) is 5.13. The summed E-state index contributed by atoms with van der Waals surface area (Å²) in [6.45, 7) is 3.50. The summed E-state index contributed by atoms with van der Waals surface area (Å²) in [5.41, 5.74) is 2.92. The van der Waals surface area contributed by atoms with Crippen LogP contribution in [0.15, 0.2) is 53.3 Å². The summed E-state index contributed by atoms with van der Waals surface area (Å²) in [4.78, 5) is 4.75. The lowest BCUT2D eigenvalue weighted by Crippen LogP contribution is -2.02. The minimum absolute atomic E-state index is 0.632. The number of furan rings is 1. The smallest absolute Gasteiger partial charge is 0.160 e. The van der Waals surface area contributed by atoms with Crippen LogP contribution >= 0.6 is 0 Å². The summed E-state index contributed by atoms with van der Waals surface area (Å²) < 4.78 is 7.32. The molecule has 0 saturated carbocycles. The van der Waals surface area contributed by atoms with Crippen molar-refractivity contribution >= 4 is 27.6 Å². The molecule has 1 N–H and O–H groups in total. The Balaban J connectivity index is 1.89. The second-order valence-corrected chi connectivity index (χ2v) is 5.13.